The Bertz CT molecular complexity index is 155. The second-order valence-corrected chi connectivity index (χ2v) is 2.79. The van der Waals surface area contributed by atoms with Gasteiger partial charge in [-0.3, -0.25) is 0 Å². The first-order chi connectivity index (χ1) is 5.20. The van der Waals surface area contributed by atoms with Crippen LogP contribution in [0.15, 0.2) is 12.2 Å². The van der Waals surface area contributed by atoms with E-state index in [9.17, 15) is 5.11 Å². The SMILES string of the molecule is C=C1CC(O)C(OC)C1OC. The molecule has 0 aliphatic heterocycles. The minimum absolute atomic E-state index is 0.144. The van der Waals surface area contributed by atoms with Gasteiger partial charge in [0.1, 0.15) is 12.2 Å². The molecule has 1 rings (SSSR count). The van der Waals surface area contributed by atoms with Crippen molar-refractivity contribution in [1.82, 2.24) is 0 Å². The summed E-state index contributed by atoms with van der Waals surface area (Å²) in [6.45, 7) is 3.79. The maximum Gasteiger partial charge on any atom is 0.113 e. The molecule has 11 heavy (non-hydrogen) atoms. The van der Waals surface area contributed by atoms with E-state index in [1.807, 2.05) is 0 Å². The summed E-state index contributed by atoms with van der Waals surface area (Å²) in [4.78, 5) is 0. The average Bonchev–Trinajstić information content (AvgIpc) is 2.24. The topological polar surface area (TPSA) is 38.7 Å². The predicted molar refractivity (Wildman–Crippen MR) is 41.4 cm³/mol. The summed E-state index contributed by atoms with van der Waals surface area (Å²) in [5, 5.41) is 9.40. The van der Waals surface area contributed by atoms with E-state index in [4.69, 9.17) is 9.47 Å². The summed E-state index contributed by atoms with van der Waals surface area (Å²) in [5.74, 6) is 0. The molecule has 0 spiro atoms. The third-order valence-electron chi connectivity index (χ3n) is 2.08. The molecule has 1 aliphatic rings. The van der Waals surface area contributed by atoms with Crippen molar-refractivity contribution >= 4 is 0 Å². The summed E-state index contributed by atoms with van der Waals surface area (Å²) in [7, 11) is 3.17. The molecule has 1 aliphatic carbocycles. The van der Waals surface area contributed by atoms with Gasteiger partial charge in [-0.15, -0.1) is 0 Å². The van der Waals surface area contributed by atoms with Crippen molar-refractivity contribution < 1.29 is 14.6 Å². The van der Waals surface area contributed by atoms with Crippen molar-refractivity contribution in [2.45, 2.75) is 24.7 Å². The van der Waals surface area contributed by atoms with Gasteiger partial charge in [-0.05, 0) is 12.0 Å². The fraction of sp³-hybridized carbons (Fsp3) is 0.750. The molecule has 1 fully saturated rings. The Morgan fingerprint density at radius 2 is 2.09 bits per heavy atom. The summed E-state index contributed by atoms with van der Waals surface area (Å²) < 4.78 is 10.2. The van der Waals surface area contributed by atoms with Gasteiger partial charge in [-0.1, -0.05) is 6.58 Å². The zero-order valence-electron chi connectivity index (χ0n) is 6.91. The van der Waals surface area contributed by atoms with Crippen molar-refractivity contribution in [3.8, 4) is 0 Å². The molecular weight excluding hydrogens is 144 g/mol. The summed E-state index contributed by atoms with van der Waals surface area (Å²) in [6.07, 6.45) is -0.267. The summed E-state index contributed by atoms with van der Waals surface area (Å²) >= 11 is 0. The van der Waals surface area contributed by atoms with Gasteiger partial charge in [0.15, 0.2) is 0 Å². The highest BCUT2D eigenvalue weighted by molar-refractivity contribution is 5.15. The first kappa shape index (κ1) is 8.71. The first-order valence-corrected chi connectivity index (χ1v) is 3.62. The van der Waals surface area contributed by atoms with E-state index in [0.29, 0.717) is 6.42 Å². The van der Waals surface area contributed by atoms with E-state index in [1.165, 1.54) is 0 Å². The largest absolute Gasteiger partial charge is 0.390 e. The number of ether oxygens (including phenoxy) is 2. The fourth-order valence-corrected chi connectivity index (χ4v) is 1.52. The van der Waals surface area contributed by atoms with Crippen molar-refractivity contribution in [1.29, 1.82) is 0 Å². The van der Waals surface area contributed by atoms with Crippen LogP contribution in [-0.2, 0) is 9.47 Å². The lowest BCUT2D eigenvalue weighted by Gasteiger charge is -2.18. The van der Waals surface area contributed by atoms with E-state index >= 15 is 0 Å². The third kappa shape index (κ3) is 1.45. The van der Waals surface area contributed by atoms with Gasteiger partial charge in [0.25, 0.3) is 0 Å². The minimum atomic E-state index is -0.461. The molecule has 3 heteroatoms. The molecule has 0 aromatic rings. The molecule has 1 N–H and O–H groups in total. The van der Waals surface area contributed by atoms with E-state index < -0.39 is 6.10 Å². The lowest BCUT2D eigenvalue weighted by Crippen LogP contribution is -2.32. The van der Waals surface area contributed by atoms with Crippen LogP contribution in [0, 0.1) is 0 Å². The van der Waals surface area contributed by atoms with Crippen molar-refractivity contribution in [2.24, 2.45) is 0 Å². The monoisotopic (exact) mass is 158 g/mol. The summed E-state index contributed by atoms with van der Waals surface area (Å²) in [5.41, 5.74) is 0.909. The van der Waals surface area contributed by atoms with Gasteiger partial charge >= 0.3 is 0 Å². The van der Waals surface area contributed by atoms with Gasteiger partial charge in [0.05, 0.1) is 6.10 Å². The Morgan fingerprint density at radius 1 is 1.45 bits per heavy atom. The second-order valence-electron chi connectivity index (χ2n) is 2.79. The van der Waals surface area contributed by atoms with E-state index in [1.54, 1.807) is 14.2 Å². The van der Waals surface area contributed by atoms with Crippen molar-refractivity contribution in [3.05, 3.63) is 12.2 Å². The van der Waals surface area contributed by atoms with Crippen LogP contribution in [0.2, 0.25) is 0 Å². The Balaban J connectivity index is 2.66. The number of aliphatic hydroxyl groups excluding tert-OH is 1. The van der Waals surface area contributed by atoms with Crippen molar-refractivity contribution in [2.75, 3.05) is 14.2 Å². The number of aliphatic hydroxyl groups is 1. The van der Waals surface area contributed by atoms with Gasteiger partial charge in [-0.2, -0.15) is 0 Å². The molecular formula is C8H14O3. The minimum Gasteiger partial charge on any atom is -0.390 e. The van der Waals surface area contributed by atoms with Crippen LogP contribution in [0.1, 0.15) is 6.42 Å². The molecule has 3 nitrogen and oxygen atoms in total. The third-order valence-corrected chi connectivity index (χ3v) is 2.08. The molecule has 3 atom stereocenters. The first-order valence-electron chi connectivity index (χ1n) is 3.62. The number of hydrogen-bond donors (Lipinski definition) is 1. The maximum absolute atomic E-state index is 9.40. The molecule has 0 heterocycles. The highest BCUT2D eigenvalue weighted by atomic mass is 16.5. The quantitative estimate of drug-likeness (QED) is 0.589. The van der Waals surface area contributed by atoms with Crippen LogP contribution >= 0.6 is 0 Å². The van der Waals surface area contributed by atoms with Crippen LogP contribution in [0.4, 0.5) is 0 Å². The smallest absolute Gasteiger partial charge is 0.113 e. The van der Waals surface area contributed by atoms with Crippen molar-refractivity contribution in [3.63, 3.8) is 0 Å². The standard InChI is InChI=1S/C8H14O3/c1-5-4-6(9)8(11-3)7(5)10-2/h6-9H,1,4H2,2-3H3. The fourth-order valence-electron chi connectivity index (χ4n) is 1.52. The molecule has 0 bridgehead atoms. The van der Waals surface area contributed by atoms with Crippen LogP contribution in [-0.4, -0.2) is 37.6 Å². The van der Waals surface area contributed by atoms with E-state index in [2.05, 4.69) is 6.58 Å². The summed E-state index contributed by atoms with van der Waals surface area (Å²) in [6, 6.07) is 0. The Kier molecular flexibility index (Phi) is 2.65. The number of hydrogen-bond acceptors (Lipinski definition) is 3. The second kappa shape index (κ2) is 3.34. The highest BCUT2D eigenvalue weighted by Gasteiger charge is 2.37. The Morgan fingerprint density at radius 3 is 2.45 bits per heavy atom. The predicted octanol–water partition coefficient (Wildman–Crippen LogP) is 0.337. The molecule has 0 aromatic heterocycles. The van der Waals surface area contributed by atoms with Gasteiger partial charge in [0.2, 0.25) is 0 Å². The van der Waals surface area contributed by atoms with Gasteiger partial charge in [0, 0.05) is 14.2 Å². The van der Waals surface area contributed by atoms with Crippen LogP contribution in [0.5, 0.6) is 0 Å². The molecule has 0 amide bonds. The molecule has 0 radical (unpaired) electrons. The van der Waals surface area contributed by atoms with Crippen LogP contribution in [0.25, 0.3) is 0 Å². The normalized spacial score (nSPS) is 38.1. The molecule has 64 valence electrons. The van der Waals surface area contributed by atoms with E-state index in [0.717, 1.165) is 5.57 Å². The lowest BCUT2D eigenvalue weighted by atomic mass is 10.2. The van der Waals surface area contributed by atoms with Crippen LogP contribution in [0.3, 0.4) is 0 Å². The number of rotatable bonds is 2. The molecule has 0 aromatic carbocycles. The Hall–Kier alpha value is -0.380. The lowest BCUT2D eigenvalue weighted by molar-refractivity contribution is -0.0545. The number of methoxy groups -OCH3 is 2. The molecule has 0 saturated heterocycles. The Labute approximate surface area is 66.6 Å². The molecule has 3 unspecified atom stereocenters. The van der Waals surface area contributed by atoms with Gasteiger partial charge in [-0.25, -0.2) is 0 Å². The highest BCUT2D eigenvalue weighted by Crippen LogP contribution is 2.28. The zero-order valence-corrected chi connectivity index (χ0v) is 6.91. The van der Waals surface area contributed by atoms with E-state index in [-0.39, 0.29) is 12.2 Å². The molecule has 1 saturated carbocycles. The van der Waals surface area contributed by atoms with Crippen LogP contribution < -0.4 is 0 Å². The maximum atomic E-state index is 9.40. The zero-order chi connectivity index (χ0) is 8.43. The van der Waals surface area contributed by atoms with Gasteiger partial charge < -0.3 is 14.6 Å². The average molecular weight is 158 g/mol.